The van der Waals surface area contributed by atoms with E-state index in [1.54, 1.807) is 0 Å². The van der Waals surface area contributed by atoms with Crippen LogP contribution in [-0.2, 0) is 11.2 Å². The van der Waals surface area contributed by atoms with Gasteiger partial charge < -0.3 is 20.7 Å². The van der Waals surface area contributed by atoms with E-state index in [0.717, 1.165) is 12.1 Å². The summed E-state index contributed by atoms with van der Waals surface area (Å²) in [4.78, 5) is 10.7. The molecule has 1 unspecified atom stereocenters. The Hall–Kier alpha value is -1.21. The SMILES string of the molecule is NC(Cc1cc(F)c(Oc2cc(I)c(O)c(I)c2)c(F)c1)C(=O)O. The summed E-state index contributed by atoms with van der Waals surface area (Å²) >= 11 is 3.74. The molecule has 0 aromatic heterocycles. The molecule has 0 radical (unpaired) electrons. The lowest BCUT2D eigenvalue weighted by Crippen LogP contribution is -2.32. The van der Waals surface area contributed by atoms with Crippen LogP contribution in [0, 0.1) is 18.8 Å². The lowest BCUT2D eigenvalue weighted by Gasteiger charge is -2.12. The Morgan fingerprint density at radius 1 is 1.17 bits per heavy atom. The molecule has 24 heavy (non-hydrogen) atoms. The molecule has 0 fully saturated rings. The Morgan fingerprint density at radius 3 is 2.12 bits per heavy atom. The van der Waals surface area contributed by atoms with Crippen LogP contribution < -0.4 is 10.5 Å². The third kappa shape index (κ3) is 4.45. The third-order valence-electron chi connectivity index (χ3n) is 3.04. The first-order chi connectivity index (χ1) is 11.2. The van der Waals surface area contributed by atoms with Crippen molar-refractivity contribution in [3.63, 3.8) is 0 Å². The summed E-state index contributed by atoms with van der Waals surface area (Å²) in [6.45, 7) is 0. The monoisotopic (exact) mass is 561 g/mol. The number of aromatic hydroxyl groups is 1. The average molecular weight is 561 g/mol. The minimum Gasteiger partial charge on any atom is -0.506 e. The second kappa shape index (κ2) is 7.78. The Labute approximate surface area is 163 Å². The molecule has 1 atom stereocenters. The van der Waals surface area contributed by atoms with Gasteiger partial charge in [-0.25, -0.2) is 8.78 Å². The minimum absolute atomic E-state index is 0.0579. The van der Waals surface area contributed by atoms with E-state index < -0.39 is 29.4 Å². The second-order valence-electron chi connectivity index (χ2n) is 4.88. The van der Waals surface area contributed by atoms with Crippen LogP contribution in [0.1, 0.15) is 5.56 Å². The lowest BCUT2D eigenvalue weighted by molar-refractivity contribution is -0.138. The predicted octanol–water partition coefficient (Wildman–Crippen LogP) is 3.63. The van der Waals surface area contributed by atoms with Gasteiger partial charge in [-0.15, -0.1) is 0 Å². The number of ether oxygens (including phenoxy) is 1. The van der Waals surface area contributed by atoms with Gasteiger partial charge in [0.2, 0.25) is 0 Å². The fraction of sp³-hybridized carbons (Fsp3) is 0.133. The summed E-state index contributed by atoms with van der Waals surface area (Å²) < 4.78 is 34.4. The number of nitrogens with two attached hydrogens (primary N) is 1. The highest BCUT2D eigenvalue weighted by Crippen LogP contribution is 2.34. The van der Waals surface area contributed by atoms with Crippen molar-refractivity contribution < 1.29 is 28.5 Å². The van der Waals surface area contributed by atoms with E-state index in [-0.39, 0.29) is 23.5 Å². The number of hydrogen-bond acceptors (Lipinski definition) is 4. The topological polar surface area (TPSA) is 92.8 Å². The third-order valence-corrected chi connectivity index (χ3v) is 4.69. The molecule has 5 nitrogen and oxygen atoms in total. The van der Waals surface area contributed by atoms with Gasteiger partial charge in [0.15, 0.2) is 17.4 Å². The number of phenols is 1. The van der Waals surface area contributed by atoms with Crippen LogP contribution in [0.2, 0.25) is 0 Å². The molecule has 9 heteroatoms. The molecule has 4 N–H and O–H groups in total. The smallest absolute Gasteiger partial charge is 0.320 e. The number of carboxylic acids is 1. The van der Waals surface area contributed by atoms with Crippen molar-refractivity contribution in [1.29, 1.82) is 0 Å². The van der Waals surface area contributed by atoms with Gasteiger partial charge in [-0.05, 0) is 81.4 Å². The molecule has 2 aromatic rings. The van der Waals surface area contributed by atoms with Crippen LogP contribution in [0.5, 0.6) is 17.2 Å². The number of halogens is 4. The normalized spacial score (nSPS) is 12.0. The van der Waals surface area contributed by atoms with Gasteiger partial charge in [0, 0.05) is 0 Å². The van der Waals surface area contributed by atoms with Gasteiger partial charge in [0.25, 0.3) is 0 Å². The van der Waals surface area contributed by atoms with E-state index in [4.69, 9.17) is 15.6 Å². The zero-order chi connectivity index (χ0) is 18.0. The van der Waals surface area contributed by atoms with Gasteiger partial charge in [-0.1, -0.05) is 0 Å². The predicted molar refractivity (Wildman–Crippen MR) is 99.3 cm³/mol. The van der Waals surface area contributed by atoms with E-state index in [1.165, 1.54) is 12.1 Å². The fourth-order valence-corrected chi connectivity index (χ4v) is 3.60. The first-order valence-corrected chi connectivity index (χ1v) is 8.67. The highest BCUT2D eigenvalue weighted by Gasteiger charge is 2.18. The maximum atomic E-state index is 14.1. The van der Waals surface area contributed by atoms with Gasteiger partial charge in [-0.2, -0.15) is 0 Å². The zero-order valence-corrected chi connectivity index (χ0v) is 16.2. The first-order valence-electron chi connectivity index (χ1n) is 6.51. The maximum absolute atomic E-state index is 14.1. The summed E-state index contributed by atoms with van der Waals surface area (Å²) in [6, 6.07) is 3.58. The molecule has 2 aromatic carbocycles. The summed E-state index contributed by atoms with van der Waals surface area (Å²) in [5.41, 5.74) is 5.47. The van der Waals surface area contributed by atoms with E-state index >= 15 is 0 Å². The molecular formula is C15H11F2I2NO4. The maximum Gasteiger partial charge on any atom is 0.320 e. The number of carboxylic acid groups (broad SMARTS) is 1. The average Bonchev–Trinajstić information content (AvgIpc) is 2.48. The van der Waals surface area contributed by atoms with Crippen molar-refractivity contribution in [2.24, 2.45) is 5.73 Å². The second-order valence-corrected chi connectivity index (χ2v) is 7.20. The van der Waals surface area contributed by atoms with Crippen molar-refractivity contribution in [3.8, 4) is 17.2 Å². The Kier molecular flexibility index (Phi) is 6.20. The number of benzene rings is 2. The van der Waals surface area contributed by atoms with Crippen molar-refractivity contribution in [3.05, 3.63) is 48.6 Å². The van der Waals surface area contributed by atoms with E-state index in [1.807, 2.05) is 45.2 Å². The van der Waals surface area contributed by atoms with E-state index in [9.17, 15) is 18.7 Å². The molecule has 128 valence electrons. The highest BCUT2D eigenvalue weighted by molar-refractivity contribution is 14.1. The van der Waals surface area contributed by atoms with Gasteiger partial charge in [0.05, 0.1) is 7.14 Å². The molecule has 0 spiro atoms. The fourth-order valence-electron chi connectivity index (χ4n) is 1.89. The number of hydrogen-bond donors (Lipinski definition) is 3. The molecule has 0 aliphatic heterocycles. The van der Waals surface area contributed by atoms with Crippen LogP contribution in [-0.4, -0.2) is 22.2 Å². The zero-order valence-electron chi connectivity index (χ0n) is 11.9. The quantitative estimate of drug-likeness (QED) is 0.486. The lowest BCUT2D eigenvalue weighted by atomic mass is 10.1. The molecule has 2 rings (SSSR count). The van der Waals surface area contributed by atoms with Crippen molar-refractivity contribution >= 4 is 51.2 Å². The minimum atomic E-state index is -1.26. The Morgan fingerprint density at radius 2 is 1.67 bits per heavy atom. The number of phenolic OH excluding ortho intramolecular Hbond substituents is 1. The number of aliphatic carboxylic acids is 1. The molecule has 0 saturated carbocycles. The number of carbonyl (C=O) groups is 1. The van der Waals surface area contributed by atoms with Crippen molar-refractivity contribution in [2.75, 3.05) is 0 Å². The molecule has 0 amide bonds. The van der Waals surface area contributed by atoms with Crippen LogP contribution in [0.4, 0.5) is 8.78 Å². The van der Waals surface area contributed by atoms with Crippen LogP contribution >= 0.6 is 45.2 Å². The summed E-state index contributed by atoms with van der Waals surface area (Å²) in [6.07, 6.45) is -0.210. The largest absolute Gasteiger partial charge is 0.506 e. The summed E-state index contributed by atoms with van der Waals surface area (Å²) in [5.74, 6) is -3.59. The molecular weight excluding hydrogens is 550 g/mol. The Balaban J connectivity index is 2.30. The summed E-state index contributed by atoms with van der Waals surface area (Å²) in [7, 11) is 0. The van der Waals surface area contributed by atoms with Crippen molar-refractivity contribution in [1.82, 2.24) is 0 Å². The van der Waals surface area contributed by atoms with E-state index in [2.05, 4.69) is 0 Å². The van der Waals surface area contributed by atoms with Crippen LogP contribution in [0.3, 0.4) is 0 Å². The number of rotatable bonds is 5. The molecule has 0 bridgehead atoms. The van der Waals surface area contributed by atoms with Gasteiger partial charge in [0.1, 0.15) is 17.5 Å². The highest BCUT2D eigenvalue weighted by atomic mass is 127. The molecule has 0 aliphatic carbocycles. The van der Waals surface area contributed by atoms with Gasteiger partial charge in [-0.3, -0.25) is 4.79 Å². The van der Waals surface area contributed by atoms with Crippen LogP contribution in [0.25, 0.3) is 0 Å². The molecule has 0 aliphatic rings. The standard InChI is InChI=1S/C15H11F2I2NO4/c16-8-1-6(3-12(20)15(22)23)2-9(17)14(8)24-7-4-10(18)13(21)11(19)5-7/h1-2,4-5,12,21H,3,20H2,(H,22,23). The molecule has 0 saturated heterocycles. The van der Waals surface area contributed by atoms with Gasteiger partial charge >= 0.3 is 5.97 Å². The first kappa shape index (κ1) is 19.1. The van der Waals surface area contributed by atoms with Crippen LogP contribution in [0.15, 0.2) is 24.3 Å². The Bertz CT molecular complexity index is 755. The van der Waals surface area contributed by atoms with E-state index in [0.29, 0.717) is 7.14 Å². The molecule has 0 heterocycles. The summed E-state index contributed by atoms with van der Waals surface area (Å²) in [5, 5.41) is 18.4. The van der Waals surface area contributed by atoms with Crippen molar-refractivity contribution in [2.45, 2.75) is 12.5 Å².